The summed E-state index contributed by atoms with van der Waals surface area (Å²) in [4.78, 5) is 13.4. The number of carbonyl (C=O) groups excluding carboxylic acids is 1. The minimum absolute atomic E-state index is 0.150. The average Bonchev–Trinajstić information content (AvgIpc) is 2.30. The molecule has 1 saturated heterocycles. The second-order valence-electron chi connectivity index (χ2n) is 3.16. The zero-order chi connectivity index (χ0) is 8.97. The van der Waals surface area contributed by atoms with Crippen LogP contribution in [-0.2, 0) is 0 Å². The van der Waals surface area contributed by atoms with Crippen LogP contribution in [0.3, 0.4) is 0 Å². The molecule has 1 aliphatic rings. The van der Waals surface area contributed by atoms with Gasteiger partial charge in [-0.1, -0.05) is 12.8 Å². The van der Waals surface area contributed by atoms with Gasteiger partial charge in [-0.15, -0.1) is 0 Å². The third-order valence-corrected chi connectivity index (χ3v) is 2.55. The van der Waals surface area contributed by atoms with Gasteiger partial charge >= 0.3 is 6.03 Å². The number of carbonyl (C=O) groups is 1. The van der Waals surface area contributed by atoms with Crippen molar-refractivity contribution in [3.63, 3.8) is 0 Å². The van der Waals surface area contributed by atoms with Crippen LogP contribution >= 0.6 is 22.9 Å². The fraction of sp³-hybridized carbons (Fsp3) is 0.875. The summed E-state index contributed by atoms with van der Waals surface area (Å²) in [6.45, 7) is 1.87. The van der Waals surface area contributed by atoms with Crippen molar-refractivity contribution in [1.82, 2.24) is 8.01 Å². The van der Waals surface area contributed by atoms with Gasteiger partial charge in [0.25, 0.3) is 0 Å². The maximum Gasteiger partial charge on any atom is 0.328 e. The highest BCUT2D eigenvalue weighted by Crippen LogP contribution is 2.12. The van der Waals surface area contributed by atoms with Crippen LogP contribution in [0.1, 0.15) is 25.7 Å². The number of nitrogens with zero attached hydrogens (tertiary/aromatic N) is 2. The Kier molecular flexibility index (Phi) is 4.11. The molecular formula is C8H15IN2O. The number of rotatable bonds is 0. The number of hydrogen-bond donors (Lipinski definition) is 0. The molecule has 12 heavy (non-hydrogen) atoms. The molecule has 0 radical (unpaired) electrons. The quantitative estimate of drug-likeness (QED) is 0.494. The maximum absolute atomic E-state index is 11.5. The van der Waals surface area contributed by atoms with Crippen molar-refractivity contribution in [2.24, 2.45) is 0 Å². The van der Waals surface area contributed by atoms with Crippen LogP contribution < -0.4 is 0 Å². The van der Waals surface area contributed by atoms with E-state index in [4.69, 9.17) is 0 Å². The summed E-state index contributed by atoms with van der Waals surface area (Å²) in [7, 11) is 1.80. The van der Waals surface area contributed by atoms with Crippen molar-refractivity contribution in [2.75, 3.05) is 20.1 Å². The Labute approximate surface area is 87.6 Å². The van der Waals surface area contributed by atoms with Crippen LogP contribution in [0.15, 0.2) is 0 Å². The molecule has 0 N–H and O–H groups in total. The summed E-state index contributed by atoms with van der Waals surface area (Å²) in [5.74, 6) is 0. The topological polar surface area (TPSA) is 23.6 Å². The highest BCUT2D eigenvalue weighted by Gasteiger charge is 2.16. The lowest BCUT2D eigenvalue weighted by molar-refractivity contribution is 0.190. The number of likely N-dealkylation sites (tertiary alicyclic amines) is 1. The zero-order valence-corrected chi connectivity index (χ0v) is 9.58. The van der Waals surface area contributed by atoms with E-state index in [-0.39, 0.29) is 6.03 Å². The first-order chi connectivity index (χ1) is 5.72. The highest BCUT2D eigenvalue weighted by atomic mass is 127. The minimum atomic E-state index is 0.150. The molecule has 2 amide bonds. The standard InChI is InChI=1S/C8H15IN2O/c1-10(9)8(12)11-6-4-2-3-5-7-11/h2-7H2,1H3. The van der Waals surface area contributed by atoms with Crippen molar-refractivity contribution in [1.29, 1.82) is 0 Å². The van der Waals surface area contributed by atoms with E-state index in [1.54, 1.807) is 10.2 Å². The Morgan fingerprint density at radius 3 is 2.17 bits per heavy atom. The predicted molar refractivity (Wildman–Crippen MR) is 57.2 cm³/mol. The van der Waals surface area contributed by atoms with Crippen LogP contribution in [0.5, 0.6) is 0 Å². The van der Waals surface area contributed by atoms with Crippen LogP contribution in [0.2, 0.25) is 0 Å². The lowest BCUT2D eigenvalue weighted by Gasteiger charge is -2.22. The molecule has 0 saturated carbocycles. The fourth-order valence-electron chi connectivity index (χ4n) is 1.46. The first kappa shape index (κ1) is 10.1. The summed E-state index contributed by atoms with van der Waals surface area (Å²) in [5.41, 5.74) is 0. The molecule has 1 rings (SSSR count). The summed E-state index contributed by atoms with van der Waals surface area (Å²) >= 11 is 2.03. The van der Waals surface area contributed by atoms with Gasteiger partial charge < -0.3 is 4.90 Å². The van der Waals surface area contributed by atoms with Crippen molar-refractivity contribution < 1.29 is 4.79 Å². The first-order valence-corrected chi connectivity index (χ1v) is 5.36. The van der Waals surface area contributed by atoms with E-state index < -0.39 is 0 Å². The average molecular weight is 282 g/mol. The molecular weight excluding hydrogens is 267 g/mol. The van der Waals surface area contributed by atoms with Crippen LogP contribution in [0.4, 0.5) is 4.79 Å². The maximum atomic E-state index is 11.5. The molecule has 4 heteroatoms. The third-order valence-electron chi connectivity index (χ3n) is 2.14. The van der Waals surface area contributed by atoms with Gasteiger partial charge in [0, 0.05) is 20.1 Å². The van der Waals surface area contributed by atoms with Gasteiger partial charge in [0.2, 0.25) is 0 Å². The first-order valence-electron chi connectivity index (χ1n) is 4.40. The smallest absolute Gasteiger partial charge is 0.324 e. The number of amides is 2. The largest absolute Gasteiger partial charge is 0.328 e. The summed E-state index contributed by atoms with van der Waals surface area (Å²) in [6, 6.07) is 0.150. The second-order valence-corrected chi connectivity index (χ2v) is 4.61. The van der Waals surface area contributed by atoms with E-state index in [0.29, 0.717) is 0 Å². The molecule has 1 heterocycles. The summed E-state index contributed by atoms with van der Waals surface area (Å²) in [5, 5.41) is 0. The summed E-state index contributed by atoms with van der Waals surface area (Å²) in [6.07, 6.45) is 4.87. The normalized spacial score (nSPS) is 18.7. The zero-order valence-electron chi connectivity index (χ0n) is 7.42. The second kappa shape index (κ2) is 4.89. The third kappa shape index (κ3) is 2.80. The molecule has 0 spiro atoms. The Morgan fingerprint density at radius 2 is 1.75 bits per heavy atom. The number of hydrogen-bond acceptors (Lipinski definition) is 1. The van der Waals surface area contributed by atoms with Crippen LogP contribution in [0.25, 0.3) is 0 Å². The van der Waals surface area contributed by atoms with E-state index in [1.807, 2.05) is 27.8 Å². The predicted octanol–water partition coefficient (Wildman–Crippen LogP) is 2.26. The van der Waals surface area contributed by atoms with Gasteiger partial charge in [-0.2, -0.15) is 0 Å². The van der Waals surface area contributed by atoms with E-state index in [0.717, 1.165) is 25.9 Å². The lowest BCUT2D eigenvalue weighted by atomic mass is 10.2. The number of halogens is 1. The van der Waals surface area contributed by atoms with Gasteiger partial charge in [0.05, 0.1) is 22.9 Å². The Morgan fingerprint density at radius 1 is 1.25 bits per heavy atom. The molecule has 0 bridgehead atoms. The van der Waals surface area contributed by atoms with Gasteiger partial charge in [-0.05, 0) is 12.8 Å². The van der Waals surface area contributed by atoms with Crippen LogP contribution in [-0.4, -0.2) is 34.2 Å². The van der Waals surface area contributed by atoms with Crippen molar-refractivity contribution in [2.45, 2.75) is 25.7 Å². The SMILES string of the molecule is CN(I)C(=O)N1CCCCCC1. The highest BCUT2D eigenvalue weighted by molar-refractivity contribution is 14.1. The Balaban J connectivity index is 2.43. The van der Waals surface area contributed by atoms with Crippen LogP contribution in [0, 0.1) is 0 Å². The van der Waals surface area contributed by atoms with Gasteiger partial charge in [-0.25, -0.2) is 4.79 Å². The minimum Gasteiger partial charge on any atom is -0.324 e. The van der Waals surface area contributed by atoms with Gasteiger partial charge in [0.1, 0.15) is 0 Å². The van der Waals surface area contributed by atoms with E-state index >= 15 is 0 Å². The number of urea groups is 1. The van der Waals surface area contributed by atoms with E-state index in [1.165, 1.54) is 12.8 Å². The molecule has 1 aliphatic heterocycles. The lowest BCUT2D eigenvalue weighted by Crippen LogP contribution is -2.37. The molecule has 0 atom stereocenters. The molecule has 0 aliphatic carbocycles. The van der Waals surface area contributed by atoms with Gasteiger partial charge in [-0.3, -0.25) is 3.11 Å². The molecule has 3 nitrogen and oxygen atoms in total. The van der Waals surface area contributed by atoms with Crippen molar-refractivity contribution >= 4 is 28.9 Å². The van der Waals surface area contributed by atoms with E-state index in [2.05, 4.69) is 0 Å². The van der Waals surface area contributed by atoms with Gasteiger partial charge in [0.15, 0.2) is 0 Å². The van der Waals surface area contributed by atoms with Crippen molar-refractivity contribution in [3.8, 4) is 0 Å². The molecule has 0 aromatic rings. The Bertz CT molecular complexity index is 153. The molecule has 0 aromatic heterocycles. The molecule has 1 fully saturated rings. The van der Waals surface area contributed by atoms with Crippen molar-refractivity contribution in [3.05, 3.63) is 0 Å². The molecule has 70 valence electrons. The Hall–Kier alpha value is 0. The van der Waals surface area contributed by atoms with E-state index in [9.17, 15) is 4.79 Å². The molecule has 0 aromatic carbocycles. The fourth-order valence-corrected chi connectivity index (χ4v) is 1.76. The molecule has 0 unspecified atom stereocenters. The summed E-state index contributed by atoms with van der Waals surface area (Å²) < 4.78 is 1.63. The monoisotopic (exact) mass is 282 g/mol.